The molecule has 15 heteroatoms. The molecule has 2 aromatic carbocycles. The van der Waals surface area contributed by atoms with Crippen molar-refractivity contribution in [3.05, 3.63) is 71.0 Å². The average molecular weight is 719 g/mol. The average Bonchev–Trinajstić information content (AvgIpc) is 3.68. The van der Waals surface area contributed by atoms with E-state index in [-0.39, 0.29) is 22.5 Å². The van der Waals surface area contributed by atoms with E-state index in [1.807, 2.05) is 6.07 Å². The van der Waals surface area contributed by atoms with Gasteiger partial charge in [-0.2, -0.15) is 0 Å². The van der Waals surface area contributed by atoms with Gasteiger partial charge in [0.15, 0.2) is 0 Å². The number of nitrogens with zero attached hydrogens (tertiary/aromatic N) is 6. The second-order valence-corrected chi connectivity index (χ2v) is 15.2. The van der Waals surface area contributed by atoms with Crippen LogP contribution in [0.5, 0.6) is 11.8 Å². The lowest BCUT2D eigenvalue weighted by Crippen LogP contribution is -2.66. The van der Waals surface area contributed by atoms with Crippen molar-refractivity contribution in [3.63, 3.8) is 0 Å². The van der Waals surface area contributed by atoms with Gasteiger partial charge in [-0.15, -0.1) is 4.72 Å². The molecule has 0 saturated carbocycles. The molecule has 4 fully saturated rings. The summed E-state index contributed by atoms with van der Waals surface area (Å²) in [4.78, 5) is 34.8. The normalized spacial score (nSPS) is 20.9. The van der Waals surface area contributed by atoms with Crippen LogP contribution in [-0.4, -0.2) is 97.4 Å². The Balaban J connectivity index is 1.01. The van der Waals surface area contributed by atoms with Gasteiger partial charge in [0.1, 0.15) is 23.0 Å². The second kappa shape index (κ2) is 13.0. The third-order valence-corrected chi connectivity index (χ3v) is 11.7. The summed E-state index contributed by atoms with van der Waals surface area (Å²) in [6, 6.07) is 10.5. The fourth-order valence-corrected chi connectivity index (χ4v) is 9.32. The van der Waals surface area contributed by atoms with Crippen molar-refractivity contribution in [2.75, 3.05) is 46.2 Å². The SMILES string of the molecule is COc1nc(-c2cccc(-c3cccc(-c4cnc(CN5CC6(CCC(=O)N6)C5)c(OC)n4)c3Cl)c2F)cnc1CN1CC2(CC[S+]([O-])N2)C1. The fraction of sp³-hybridized carbons (Fsp3) is 0.400. The minimum absolute atomic E-state index is 0.0925. The summed E-state index contributed by atoms with van der Waals surface area (Å²) in [7, 11) is 3.07. The molecule has 2 aromatic heterocycles. The highest BCUT2D eigenvalue weighted by Crippen LogP contribution is 2.40. The van der Waals surface area contributed by atoms with Crippen LogP contribution in [0.3, 0.4) is 0 Å². The Morgan fingerprint density at radius 2 is 1.42 bits per heavy atom. The first-order valence-electron chi connectivity index (χ1n) is 16.5. The molecule has 1 unspecified atom stereocenters. The third kappa shape index (κ3) is 6.07. The smallest absolute Gasteiger partial charge is 0.237 e. The van der Waals surface area contributed by atoms with E-state index < -0.39 is 17.2 Å². The Kier molecular flexibility index (Phi) is 8.64. The van der Waals surface area contributed by atoms with Gasteiger partial charge in [-0.1, -0.05) is 41.9 Å². The number of benzene rings is 2. The van der Waals surface area contributed by atoms with Gasteiger partial charge in [0.25, 0.3) is 0 Å². The summed E-state index contributed by atoms with van der Waals surface area (Å²) >= 11 is 6.01. The van der Waals surface area contributed by atoms with Gasteiger partial charge in [-0.05, 0) is 12.5 Å². The molecule has 2 N–H and O–H groups in total. The molecule has 8 rings (SSSR count). The molecule has 0 aliphatic carbocycles. The van der Waals surface area contributed by atoms with Crippen LogP contribution in [-0.2, 0) is 29.2 Å². The Hall–Kier alpha value is -3.92. The molecule has 6 heterocycles. The highest BCUT2D eigenvalue weighted by atomic mass is 35.5. The molecule has 50 heavy (non-hydrogen) atoms. The van der Waals surface area contributed by atoms with Gasteiger partial charge < -0.3 is 19.3 Å². The van der Waals surface area contributed by atoms with Crippen LogP contribution in [0.1, 0.15) is 30.7 Å². The predicted octanol–water partition coefficient (Wildman–Crippen LogP) is 3.75. The number of halogens is 2. The van der Waals surface area contributed by atoms with Crippen molar-refractivity contribution in [1.29, 1.82) is 0 Å². The van der Waals surface area contributed by atoms with E-state index in [0.29, 0.717) is 81.5 Å². The number of hydrogen-bond donors (Lipinski definition) is 2. The van der Waals surface area contributed by atoms with Crippen LogP contribution in [0.25, 0.3) is 33.6 Å². The highest BCUT2D eigenvalue weighted by molar-refractivity contribution is 7.89. The summed E-state index contributed by atoms with van der Waals surface area (Å²) < 4.78 is 42.6. The van der Waals surface area contributed by atoms with E-state index in [9.17, 15) is 9.35 Å². The van der Waals surface area contributed by atoms with Gasteiger partial charge in [0.05, 0.1) is 54.1 Å². The first-order chi connectivity index (χ1) is 24.2. The largest absolute Gasteiger partial charge is 0.598 e. The van der Waals surface area contributed by atoms with Gasteiger partial charge in [0.2, 0.25) is 17.7 Å². The summed E-state index contributed by atoms with van der Waals surface area (Å²) in [6.07, 6.45) is 5.51. The van der Waals surface area contributed by atoms with Crippen LogP contribution < -0.4 is 19.5 Å². The van der Waals surface area contributed by atoms with E-state index in [1.54, 1.807) is 49.8 Å². The molecule has 260 valence electrons. The lowest BCUT2D eigenvalue weighted by molar-refractivity contribution is -0.120. The zero-order chi connectivity index (χ0) is 34.6. The molecule has 4 aromatic rings. The van der Waals surface area contributed by atoms with Crippen LogP contribution >= 0.6 is 11.6 Å². The number of aromatic nitrogens is 4. The predicted molar refractivity (Wildman–Crippen MR) is 186 cm³/mol. The standard InChI is InChI=1S/C35H36ClFN8O4S/c1-48-32-27(15-44-17-34(18-44)10-9-29(46)42-34)38-13-25(40-32)23-7-3-5-21(30(23)36)22-6-4-8-24(31(22)37)26-14-39-28(33(41-26)49-2)16-45-19-35(20-45)11-12-50(47)43-35/h3-8,13-14,43H,9-12,15-20H2,1-2H3,(H,42,46). The van der Waals surface area contributed by atoms with Gasteiger partial charge >= 0.3 is 0 Å². The van der Waals surface area contributed by atoms with Crippen molar-refractivity contribution < 1.29 is 23.2 Å². The summed E-state index contributed by atoms with van der Waals surface area (Å²) in [5.41, 5.74) is 3.57. The maximum atomic E-state index is 16.3. The molecule has 2 spiro atoms. The maximum absolute atomic E-state index is 16.3. The number of hydrogen-bond acceptors (Lipinski definition) is 11. The Labute approximate surface area is 297 Å². The number of amides is 1. The van der Waals surface area contributed by atoms with E-state index in [0.717, 1.165) is 39.0 Å². The molecule has 4 aliphatic heterocycles. The molecule has 0 bridgehead atoms. The zero-order valence-corrected chi connectivity index (χ0v) is 29.2. The molecule has 1 amide bonds. The molecular formula is C35H36ClFN8O4S. The molecular weight excluding hydrogens is 683 g/mol. The summed E-state index contributed by atoms with van der Waals surface area (Å²) in [6.45, 7) is 4.11. The lowest BCUT2D eigenvalue weighted by atomic mass is 9.88. The van der Waals surface area contributed by atoms with Gasteiger partial charge in [-0.3, -0.25) is 24.6 Å². The Morgan fingerprint density at radius 3 is 1.98 bits per heavy atom. The van der Waals surface area contributed by atoms with Crippen LogP contribution in [0, 0.1) is 5.82 Å². The fourth-order valence-electron chi connectivity index (χ4n) is 7.60. The highest BCUT2D eigenvalue weighted by Gasteiger charge is 2.51. The zero-order valence-electron chi connectivity index (χ0n) is 27.7. The monoisotopic (exact) mass is 718 g/mol. The lowest BCUT2D eigenvalue weighted by Gasteiger charge is -2.47. The van der Waals surface area contributed by atoms with E-state index >= 15 is 4.39 Å². The first kappa shape index (κ1) is 33.2. The van der Waals surface area contributed by atoms with Crippen molar-refractivity contribution in [3.8, 4) is 45.4 Å². The van der Waals surface area contributed by atoms with Crippen LogP contribution in [0.4, 0.5) is 4.39 Å². The molecule has 4 saturated heterocycles. The van der Waals surface area contributed by atoms with Crippen LogP contribution in [0.15, 0.2) is 48.8 Å². The third-order valence-electron chi connectivity index (χ3n) is 10.0. The topological polar surface area (TPSA) is 141 Å². The summed E-state index contributed by atoms with van der Waals surface area (Å²) in [5.74, 6) is 0.988. The van der Waals surface area contributed by atoms with Gasteiger partial charge in [0, 0.05) is 85.7 Å². The van der Waals surface area contributed by atoms with Crippen molar-refractivity contribution in [2.24, 2.45) is 0 Å². The van der Waals surface area contributed by atoms with Crippen molar-refractivity contribution >= 4 is 28.9 Å². The van der Waals surface area contributed by atoms with Crippen molar-refractivity contribution in [1.82, 2.24) is 39.8 Å². The number of rotatable bonds is 9. The number of carbonyl (C=O) groups is 1. The van der Waals surface area contributed by atoms with Crippen LogP contribution in [0.2, 0.25) is 5.02 Å². The van der Waals surface area contributed by atoms with E-state index in [4.69, 9.17) is 26.1 Å². The number of methoxy groups -OCH3 is 2. The Morgan fingerprint density at radius 1 is 0.860 bits per heavy atom. The number of ether oxygens (including phenoxy) is 2. The van der Waals surface area contributed by atoms with E-state index in [1.165, 1.54) is 7.11 Å². The number of carbonyl (C=O) groups excluding carboxylic acids is 1. The quantitative estimate of drug-likeness (QED) is 0.245. The maximum Gasteiger partial charge on any atom is 0.237 e. The Bertz CT molecular complexity index is 1980. The minimum Gasteiger partial charge on any atom is -0.598 e. The first-order valence-corrected chi connectivity index (χ1v) is 18.2. The summed E-state index contributed by atoms with van der Waals surface area (Å²) in [5, 5.41) is 3.42. The number of likely N-dealkylation sites (tertiary alicyclic amines) is 2. The second-order valence-electron chi connectivity index (χ2n) is 13.6. The number of nitrogens with one attached hydrogen (secondary N) is 2. The molecule has 4 aliphatic rings. The van der Waals surface area contributed by atoms with Crippen molar-refractivity contribution in [2.45, 2.75) is 43.4 Å². The minimum atomic E-state index is -0.963. The molecule has 12 nitrogen and oxygen atoms in total. The molecule has 0 radical (unpaired) electrons. The van der Waals surface area contributed by atoms with Gasteiger partial charge in [-0.25, -0.2) is 14.4 Å². The molecule has 1 atom stereocenters. The van der Waals surface area contributed by atoms with E-state index in [2.05, 4.69) is 34.8 Å².